The molecule has 0 aliphatic heterocycles. The van der Waals surface area contributed by atoms with Gasteiger partial charge in [0, 0.05) is 22.8 Å². The molecule has 0 spiro atoms. The van der Waals surface area contributed by atoms with Gasteiger partial charge in [0.1, 0.15) is 0 Å². The van der Waals surface area contributed by atoms with E-state index in [1.54, 1.807) is 0 Å². The Bertz CT molecular complexity index is 804. The number of hydrogen-bond donors (Lipinski definition) is 1. The minimum Gasteiger partial charge on any atom is -0.311 e. The Morgan fingerprint density at radius 3 is 2.38 bits per heavy atom. The maximum atomic E-state index is 6.38. The molecule has 0 aliphatic carbocycles. The lowest BCUT2D eigenvalue weighted by Crippen LogP contribution is -2.18. The summed E-state index contributed by atoms with van der Waals surface area (Å²) in [5.74, 6) is 0.378. The Hall–Kier alpha value is -1.87. The average molecular weight is 385 g/mol. The van der Waals surface area contributed by atoms with Crippen LogP contribution in [0.5, 0.6) is 0 Å². The van der Waals surface area contributed by atoms with Gasteiger partial charge in [0.25, 0.3) is 0 Å². The zero-order valence-electron chi connectivity index (χ0n) is 14.5. The summed E-state index contributed by atoms with van der Waals surface area (Å²) in [6, 6.07) is 22.2. The van der Waals surface area contributed by atoms with Gasteiger partial charge in [-0.2, -0.15) is 0 Å². The Labute approximate surface area is 165 Å². The van der Waals surface area contributed by atoms with Crippen molar-refractivity contribution < 1.29 is 0 Å². The lowest BCUT2D eigenvalue weighted by Gasteiger charge is -2.19. The van der Waals surface area contributed by atoms with E-state index in [-0.39, 0.29) is 0 Å². The van der Waals surface area contributed by atoms with Crippen molar-refractivity contribution in [2.75, 3.05) is 6.54 Å². The maximum Gasteiger partial charge on any atom is 0.0541 e. The van der Waals surface area contributed by atoms with E-state index in [4.69, 9.17) is 23.2 Å². The molecule has 0 unspecified atom stereocenters. The largest absolute Gasteiger partial charge is 0.311 e. The molecular weight excluding hydrogens is 363 g/mol. The van der Waals surface area contributed by atoms with E-state index in [9.17, 15) is 0 Å². The summed E-state index contributed by atoms with van der Waals surface area (Å²) in [6.45, 7) is 1.69. The van der Waals surface area contributed by atoms with Crippen LogP contribution >= 0.6 is 23.2 Å². The third-order valence-corrected chi connectivity index (χ3v) is 5.09. The van der Waals surface area contributed by atoms with Crippen LogP contribution in [0, 0.1) is 0 Å². The number of pyridine rings is 1. The predicted octanol–water partition coefficient (Wildman–Crippen LogP) is 5.89. The lowest BCUT2D eigenvalue weighted by molar-refractivity contribution is 0.560. The van der Waals surface area contributed by atoms with Crippen LogP contribution in [0.2, 0.25) is 10.0 Å². The molecule has 1 aromatic heterocycles. The van der Waals surface area contributed by atoms with Crippen molar-refractivity contribution in [3.05, 3.63) is 99.8 Å². The molecule has 1 heterocycles. The van der Waals surface area contributed by atoms with Gasteiger partial charge in [-0.05, 0) is 66.8 Å². The topological polar surface area (TPSA) is 24.9 Å². The third kappa shape index (κ3) is 5.57. The minimum atomic E-state index is 0.378. The SMILES string of the molecule is Clc1ccc([C@@H](CCNCc2ccccn2)Cc2ccccc2Cl)cc1. The third-order valence-electron chi connectivity index (χ3n) is 4.47. The van der Waals surface area contributed by atoms with Crippen molar-refractivity contribution in [2.45, 2.75) is 25.3 Å². The molecule has 0 amide bonds. The molecule has 26 heavy (non-hydrogen) atoms. The normalized spacial score (nSPS) is 12.1. The van der Waals surface area contributed by atoms with Crippen molar-refractivity contribution in [3.63, 3.8) is 0 Å². The van der Waals surface area contributed by atoms with E-state index < -0.39 is 0 Å². The fraction of sp³-hybridized carbons (Fsp3) is 0.227. The molecule has 0 saturated heterocycles. The first-order chi connectivity index (χ1) is 12.7. The number of rotatable bonds is 8. The standard InChI is InChI=1S/C22H22Cl2N2/c23-20-10-8-17(9-11-20)18(15-19-5-1-2-7-22(19)24)12-14-25-16-21-6-3-4-13-26-21/h1-11,13,18,25H,12,14-16H2/t18-/m0/s1. The van der Waals surface area contributed by atoms with E-state index in [1.807, 2.05) is 54.7 Å². The summed E-state index contributed by atoms with van der Waals surface area (Å²) in [4.78, 5) is 4.35. The second kappa shape index (κ2) is 9.72. The Morgan fingerprint density at radius 2 is 1.65 bits per heavy atom. The predicted molar refractivity (Wildman–Crippen MR) is 110 cm³/mol. The summed E-state index contributed by atoms with van der Waals surface area (Å²) in [7, 11) is 0. The Morgan fingerprint density at radius 1 is 0.885 bits per heavy atom. The van der Waals surface area contributed by atoms with Gasteiger partial charge in [-0.15, -0.1) is 0 Å². The monoisotopic (exact) mass is 384 g/mol. The second-order valence-electron chi connectivity index (χ2n) is 6.33. The van der Waals surface area contributed by atoms with Crippen LogP contribution < -0.4 is 5.32 Å². The van der Waals surface area contributed by atoms with Gasteiger partial charge in [-0.25, -0.2) is 0 Å². The Kier molecular flexibility index (Phi) is 7.07. The number of benzene rings is 2. The van der Waals surface area contributed by atoms with Gasteiger partial charge in [0.05, 0.1) is 5.69 Å². The van der Waals surface area contributed by atoms with Gasteiger partial charge < -0.3 is 5.32 Å². The molecule has 0 radical (unpaired) electrons. The number of hydrogen-bond acceptors (Lipinski definition) is 2. The highest BCUT2D eigenvalue weighted by molar-refractivity contribution is 6.31. The summed E-state index contributed by atoms with van der Waals surface area (Å²) >= 11 is 12.4. The number of halogens is 2. The van der Waals surface area contributed by atoms with Crippen LogP contribution in [-0.4, -0.2) is 11.5 Å². The van der Waals surface area contributed by atoms with Crippen LogP contribution in [0.15, 0.2) is 72.9 Å². The van der Waals surface area contributed by atoms with Crippen LogP contribution in [0.25, 0.3) is 0 Å². The molecule has 4 heteroatoms. The van der Waals surface area contributed by atoms with Crippen LogP contribution in [-0.2, 0) is 13.0 Å². The van der Waals surface area contributed by atoms with Crippen LogP contribution in [0.3, 0.4) is 0 Å². The number of aromatic nitrogens is 1. The molecule has 0 saturated carbocycles. The quantitative estimate of drug-likeness (QED) is 0.489. The highest BCUT2D eigenvalue weighted by Crippen LogP contribution is 2.28. The zero-order valence-corrected chi connectivity index (χ0v) is 16.0. The maximum absolute atomic E-state index is 6.38. The van der Waals surface area contributed by atoms with Gasteiger partial charge in [0.2, 0.25) is 0 Å². The first kappa shape index (κ1) is 18.9. The molecule has 1 atom stereocenters. The molecule has 0 bridgehead atoms. The second-order valence-corrected chi connectivity index (χ2v) is 7.17. The summed E-state index contributed by atoms with van der Waals surface area (Å²) in [6.07, 6.45) is 3.75. The summed E-state index contributed by atoms with van der Waals surface area (Å²) < 4.78 is 0. The Balaban J connectivity index is 1.64. The van der Waals surface area contributed by atoms with Crippen LogP contribution in [0.1, 0.15) is 29.2 Å². The molecule has 3 aromatic rings. The molecule has 2 aromatic carbocycles. The van der Waals surface area contributed by atoms with Crippen molar-refractivity contribution in [3.8, 4) is 0 Å². The van der Waals surface area contributed by atoms with E-state index >= 15 is 0 Å². The first-order valence-electron chi connectivity index (χ1n) is 8.82. The van der Waals surface area contributed by atoms with E-state index in [0.717, 1.165) is 41.7 Å². The van der Waals surface area contributed by atoms with Gasteiger partial charge in [-0.1, -0.05) is 59.6 Å². The fourth-order valence-electron chi connectivity index (χ4n) is 3.05. The first-order valence-corrected chi connectivity index (χ1v) is 9.57. The average Bonchev–Trinajstić information content (AvgIpc) is 2.67. The van der Waals surface area contributed by atoms with Crippen molar-refractivity contribution in [1.82, 2.24) is 10.3 Å². The van der Waals surface area contributed by atoms with Crippen molar-refractivity contribution in [1.29, 1.82) is 0 Å². The lowest BCUT2D eigenvalue weighted by atomic mass is 9.89. The van der Waals surface area contributed by atoms with Gasteiger partial charge >= 0.3 is 0 Å². The molecule has 2 nitrogen and oxygen atoms in total. The highest BCUT2D eigenvalue weighted by Gasteiger charge is 2.14. The smallest absolute Gasteiger partial charge is 0.0541 e. The van der Waals surface area contributed by atoms with Crippen molar-refractivity contribution >= 4 is 23.2 Å². The number of nitrogens with one attached hydrogen (secondary N) is 1. The van der Waals surface area contributed by atoms with Crippen LogP contribution in [0.4, 0.5) is 0 Å². The molecule has 0 aliphatic rings. The summed E-state index contributed by atoms with van der Waals surface area (Å²) in [5.41, 5.74) is 3.52. The van der Waals surface area contributed by atoms with E-state index in [1.165, 1.54) is 11.1 Å². The summed E-state index contributed by atoms with van der Waals surface area (Å²) in [5, 5.41) is 5.08. The van der Waals surface area contributed by atoms with Gasteiger partial charge in [-0.3, -0.25) is 4.98 Å². The molecule has 1 N–H and O–H groups in total. The van der Waals surface area contributed by atoms with E-state index in [0.29, 0.717) is 5.92 Å². The highest BCUT2D eigenvalue weighted by atomic mass is 35.5. The van der Waals surface area contributed by atoms with Gasteiger partial charge in [0.15, 0.2) is 0 Å². The zero-order chi connectivity index (χ0) is 18.2. The molecular formula is C22H22Cl2N2. The van der Waals surface area contributed by atoms with E-state index in [2.05, 4.69) is 28.5 Å². The minimum absolute atomic E-state index is 0.378. The molecule has 0 fully saturated rings. The number of nitrogens with zero attached hydrogens (tertiary/aromatic N) is 1. The van der Waals surface area contributed by atoms with Crippen molar-refractivity contribution in [2.24, 2.45) is 0 Å². The molecule has 3 rings (SSSR count). The molecule has 134 valence electrons. The fourth-order valence-corrected chi connectivity index (χ4v) is 3.39.